The second kappa shape index (κ2) is 6.76. The third-order valence-corrected chi connectivity index (χ3v) is 4.44. The number of carbonyl (C=O) groups excluding carboxylic acids is 3. The first kappa shape index (κ1) is 15.6. The molecule has 21 heavy (non-hydrogen) atoms. The Morgan fingerprint density at radius 3 is 2.76 bits per heavy atom. The SMILES string of the molecule is CNC(=O)c1ccccc1N1CC(CSC(C)=O)CC1=O. The Bertz CT molecular complexity index is 574. The van der Waals surface area contributed by atoms with Gasteiger partial charge in [-0.15, -0.1) is 0 Å². The Hall–Kier alpha value is -1.82. The van der Waals surface area contributed by atoms with E-state index >= 15 is 0 Å². The summed E-state index contributed by atoms with van der Waals surface area (Å²) in [5.74, 6) is 0.573. The van der Waals surface area contributed by atoms with Gasteiger partial charge in [0.25, 0.3) is 5.91 Å². The molecular formula is C15H18N2O3S. The quantitative estimate of drug-likeness (QED) is 0.919. The molecule has 1 saturated heterocycles. The highest BCUT2D eigenvalue weighted by molar-refractivity contribution is 8.13. The van der Waals surface area contributed by atoms with Gasteiger partial charge < -0.3 is 10.2 Å². The van der Waals surface area contributed by atoms with Crippen molar-refractivity contribution >= 4 is 34.4 Å². The number of benzene rings is 1. The largest absolute Gasteiger partial charge is 0.355 e. The molecule has 0 spiro atoms. The summed E-state index contributed by atoms with van der Waals surface area (Å²) in [5.41, 5.74) is 1.13. The van der Waals surface area contributed by atoms with E-state index in [0.717, 1.165) is 0 Å². The summed E-state index contributed by atoms with van der Waals surface area (Å²) in [6.07, 6.45) is 0.419. The summed E-state index contributed by atoms with van der Waals surface area (Å²) in [4.78, 5) is 36.8. The van der Waals surface area contributed by atoms with Crippen molar-refractivity contribution in [2.75, 3.05) is 24.2 Å². The van der Waals surface area contributed by atoms with Crippen LogP contribution in [-0.4, -0.2) is 36.3 Å². The van der Waals surface area contributed by atoms with Crippen LogP contribution in [0.2, 0.25) is 0 Å². The molecule has 112 valence electrons. The van der Waals surface area contributed by atoms with E-state index in [2.05, 4.69) is 5.32 Å². The highest BCUT2D eigenvalue weighted by Gasteiger charge is 2.32. The van der Waals surface area contributed by atoms with Crippen LogP contribution in [0.4, 0.5) is 5.69 Å². The molecular weight excluding hydrogens is 288 g/mol. The first-order valence-electron chi connectivity index (χ1n) is 6.77. The molecule has 2 rings (SSSR count). The molecule has 5 nitrogen and oxygen atoms in total. The monoisotopic (exact) mass is 306 g/mol. The predicted octanol–water partition coefficient (Wildman–Crippen LogP) is 1.68. The van der Waals surface area contributed by atoms with Crippen molar-refractivity contribution in [1.82, 2.24) is 5.32 Å². The van der Waals surface area contributed by atoms with E-state index in [9.17, 15) is 14.4 Å². The number of nitrogens with zero attached hydrogens (tertiary/aromatic N) is 1. The lowest BCUT2D eigenvalue weighted by Crippen LogP contribution is -2.28. The van der Waals surface area contributed by atoms with Gasteiger partial charge in [0.15, 0.2) is 5.12 Å². The first-order chi connectivity index (χ1) is 10.0. The molecule has 6 heteroatoms. The Morgan fingerprint density at radius 2 is 2.10 bits per heavy atom. The minimum Gasteiger partial charge on any atom is -0.355 e. The molecule has 1 fully saturated rings. The van der Waals surface area contributed by atoms with Crippen LogP contribution < -0.4 is 10.2 Å². The average molecular weight is 306 g/mol. The molecule has 1 aliphatic heterocycles. The predicted molar refractivity (Wildman–Crippen MR) is 83.4 cm³/mol. The molecule has 0 aromatic heterocycles. The van der Waals surface area contributed by atoms with Crippen molar-refractivity contribution in [3.05, 3.63) is 29.8 Å². The molecule has 2 amide bonds. The molecule has 0 aliphatic carbocycles. The summed E-state index contributed by atoms with van der Waals surface area (Å²) >= 11 is 1.25. The summed E-state index contributed by atoms with van der Waals surface area (Å²) in [6, 6.07) is 7.08. The van der Waals surface area contributed by atoms with Crippen molar-refractivity contribution in [3.63, 3.8) is 0 Å². The lowest BCUT2D eigenvalue weighted by atomic mass is 10.1. The molecule has 1 heterocycles. The maximum Gasteiger partial charge on any atom is 0.253 e. The zero-order valence-corrected chi connectivity index (χ0v) is 12.9. The first-order valence-corrected chi connectivity index (χ1v) is 7.76. The van der Waals surface area contributed by atoms with Crippen molar-refractivity contribution in [2.45, 2.75) is 13.3 Å². The Labute approximate surface area is 128 Å². The maximum absolute atomic E-state index is 12.2. The Balaban J connectivity index is 2.17. The van der Waals surface area contributed by atoms with E-state index < -0.39 is 0 Å². The molecule has 1 aromatic carbocycles. The summed E-state index contributed by atoms with van der Waals surface area (Å²) in [7, 11) is 1.57. The van der Waals surface area contributed by atoms with Crippen molar-refractivity contribution in [1.29, 1.82) is 0 Å². The summed E-state index contributed by atoms with van der Waals surface area (Å²) in [6.45, 7) is 2.08. The number of anilines is 1. The third-order valence-electron chi connectivity index (χ3n) is 3.39. The minimum atomic E-state index is -0.208. The van der Waals surface area contributed by atoms with Gasteiger partial charge in [0.1, 0.15) is 0 Å². The van der Waals surface area contributed by atoms with Crippen LogP contribution in [0.5, 0.6) is 0 Å². The van der Waals surface area contributed by atoms with Crippen LogP contribution in [0.3, 0.4) is 0 Å². The van der Waals surface area contributed by atoms with Gasteiger partial charge in [0.2, 0.25) is 5.91 Å². The molecule has 1 N–H and O–H groups in total. The smallest absolute Gasteiger partial charge is 0.253 e. The van der Waals surface area contributed by atoms with E-state index in [1.807, 2.05) is 6.07 Å². The van der Waals surface area contributed by atoms with Gasteiger partial charge in [-0.1, -0.05) is 23.9 Å². The standard InChI is InChI=1S/C15H18N2O3S/c1-10(18)21-9-11-7-14(19)17(8-11)13-6-4-3-5-12(13)15(20)16-2/h3-6,11H,7-9H2,1-2H3,(H,16,20). The normalized spacial score (nSPS) is 17.9. The van der Waals surface area contributed by atoms with Gasteiger partial charge in [0.05, 0.1) is 11.3 Å². The highest BCUT2D eigenvalue weighted by atomic mass is 32.2. The van der Waals surface area contributed by atoms with Gasteiger partial charge in [0, 0.05) is 32.7 Å². The molecule has 0 radical (unpaired) electrons. The average Bonchev–Trinajstić information content (AvgIpc) is 2.85. The second-order valence-corrected chi connectivity index (χ2v) is 6.17. The van der Waals surface area contributed by atoms with Crippen LogP contribution in [0.15, 0.2) is 24.3 Å². The second-order valence-electron chi connectivity index (χ2n) is 4.97. The van der Waals surface area contributed by atoms with Crippen LogP contribution in [0.1, 0.15) is 23.7 Å². The maximum atomic E-state index is 12.2. The van der Waals surface area contributed by atoms with Crippen molar-refractivity contribution in [2.24, 2.45) is 5.92 Å². The third kappa shape index (κ3) is 3.64. The zero-order chi connectivity index (χ0) is 15.4. The number of amides is 2. The fourth-order valence-electron chi connectivity index (χ4n) is 2.40. The van der Waals surface area contributed by atoms with Crippen LogP contribution in [-0.2, 0) is 9.59 Å². The Morgan fingerprint density at radius 1 is 1.38 bits per heavy atom. The lowest BCUT2D eigenvalue weighted by Gasteiger charge is -2.19. The van der Waals surface area contributed by atoms with Gasteiger partial charge in [-0.3, -0.25) is 14.4 Å². The van der Waals surface area contributed by atoms with Gasteiger partial charge in [-0.05, 0) is 18.1 Å². The number of para-hydroxylation sites is 1. The van der Waals surface area contributed by atoms with E-state index in [4.69, 9.17) is 0 Å². The lowest BCUT2D eigenvalue weighted by molar-refractivity contribution is -0.117. The molecule has 1 aliphatic rings. The highest BCUT2D eigenvalue weighted by Crippen LogP contribution is 2.29. The van der Waals surface area contributed by atoms with Gasteiger partial charge >= 0.3 is 0 Å². The summed E-state index contributed by atoms with van der Waals surface area (Å²) < 4.78 is 0. The van der Waals surface area contributed by atoms with Crippen molar-refractivity contribution < 1.29 is 14.4 Å². The molecule has 1 unspecified atom stereocenters. The number of hydrogen-bond donors (Lipinski definition) is 1. The van der Waals surface area contributed by atoms with E-state index in [1.165, 1.54) is 18.7 Å². The fraction of sp³-hybridized carbons (Fsp3) is 0.400. The topological polar surface area (TPSA) is 66.5 Å². The number of rotatable bonds is 4. The van der Waals surface area contributed by atoms with E-state index in [1.54, 1.807) is 30.1 Å². The van der Waals surface area contributed by atoms with Crippen LogP contribution >= 0.6 is 11.8 Å². The van der Waals surface area contributed by atoms with E-state index in [0.29, 0.717) is 30.0 Å². The van der Waals surface area contributed by atoms with E-state index in [-0.39, 0.29) is 22.8 Å². The van der Waals surface area contributed by atoms with Crippen LogP contribution in [0.25, 0.3) is 0 Å². The molecule has 0 bridgehead atoms. The number of nitrogens with one attached hydrogen (secondary N) is 1. The number of thioether (sulfide) groups is 1. The number of hydrogen-bond acceptors (Lipinski definition) is 4. The van der Waals surface area contributed by atoms with Gasteiger partial charge in [-0.25, -0.2) is 0 Å². The zero-order valence-electron chi connectivity index (χ0n) is 12.1. The minimum absolute atomic E-state index is 0.000468. The van der Waals surface area contributed by atoms with Gasteiger partial charge in [-0.2, -0.15) is 0 Å². The summed E-state index contributed by atoms with van der Waals surface area (Å²) in [5, 5.41) is 2.65. The Kier molecular flexibility index (Phi) is 5.01. The molecule has 0 saturated carbocycles. The van der Waals surface area contributed by atoms with Crippen LogP contribution in [0, 0.1) is 5.92 Å². The fourth-order valence-corrected chi connectivity index (χ4v) is 3.09. The number of carbonyl (C=O) groups is 3. The molecule has 1 atom stereocenters. The van der Waals surface area contributed by atoms with Crippen molar-refractivity contribution in [3.8, 4) is 0 Å². The molecule has 1 aromatic rings.